The minimum Gasteiger partial charge on any atom is -0.379 e. The van der Waals surface area contributed by atoms with Gasteiger partial charge in [0, 0.05) is 8.95 Å². The van der Waals surface area contributed by atoms with Crippen LogP contribution in [0.2, 0.25) is 0 Å². The standard InChI is InChI=1S/C13H10Br2O3S/c1-9-4-2-3-5-12(9)18-19(16,17)13-8-10(14)6-7-11(13)15/h2-8H,1H3. The van der Waals surface area contributed by atoms with E-state index in [1.54, 1.807) is 37.3 Å². The van der Waals surface area contributed by atoms with E-state index >= 15 is 0 Å². The third kappa shape index (κ3) is 3.38. The zero-order valence-corrected chi connectivity index (χ0v) is 13.9. The topological polar surface area (TPSA) is 43.4 Å². The maximum atomic E-state index is 12.3. The predicted molar refractivity (Wildman–Crippen MR) is 80.8 cm³/mol. The van der Waals surface area contributed by atoms with Crippen molar-refractivity contribution in [1.29, 1.82) is 0 Å². The molecule has 0 atom stereocenters. The summed E-state index contributed by atoms with van der Waals surface area (Å²) in [7, 11) is -3.87. The molecule has 0 unspecified atom stereocenters. The number of rotatable bonds is 3. The first-order valence-corrected chi connectivity index (χ1v) is 8.35. The highest BCUT2D eigenvalue weighted by molar-refractivity contribution is 9.11. The summed E-state index contributed by atoms with van der Waals surface area (Å²) in [5.74, 6) is 0.328. The first kappa shape index (κ1) is 14.6. The van der Waals surface area contributed by atoms with Crippen LogP contribution in [0, 0.1) is 6.92 Å². The summed E-state index contributed by atoms with van der Waals surface area (Å²) < 4.78 is 30.8. The molecule has 0 spiro atoms. The lowest BCUT2D eigenvalue weighted by Crippen LogP contribution is -2.11. The predicted octanol–water partition coefficient (Wildman–Crippen LogP) is 4.29. The molecule has 100 valence electrons. The van der Waals surface area contributed by atoms with Gasteiger partial charge in [-0.3, -0.25) is 0 Å². The summed E-state index contributed by atoms with van der Waals surface area (Å²) in [6.45, 7) is 1.79. The monoisotopic (exact) mass is 404 g/mol. The van der Waals surface area contributed by atoms with Gasteiger partial charge >= 0.3 is 10.1 Å². The van der Waals surface area contributed by atoms with Gasteiger partial charge in [0.1, 0.15) is 10.6 Å². The molecule has 19 heavy (non-hydrogen) atoms. The Morgan fingerprint density at radius 2 is 1.74 bits per heavy atom. The van der Waals surface area contributed by atoms with Crippen LogP contribution in [0.25, 0.3) is 0 Å². The van der Waals surface area contributed by atoms with Crippen LogP contribution in [0.4, 0.5) is 0 Å². The molecule has 0 fully saturated rings. The molecule has 0 aliphatic heterocycles. The third-order valence-electron chi connectivity index (χ3n) is 2.46. The second-order valence-corrected chi connectivity index (χ2v) is 7.16. The molecule has 2 aromatic carbocycles. The molecule has 3 nitrogen and oxygen atoms in total. The average Bonchev–Trinajstić information content (AvgIpc) is 2.35. The molecule has 0 saturated heterocycles. The molecule has 0 aliphatic carbocycles. The van der Waals surface area contributed by atoms with E-state index in [0.717, 1.165) is 5.56 Å². The Labute approximate surface area is 129 Å². The Balaban J connectivity index is 2.44. The van der Waals surface area contributed by atoms with Crippen LogP contribution in [-0.2, 0) is 10.1 Å². The van der Waals surface area contributed by atoms with Gasteiger partial charge in [-0.05, 0) is 52.7 Å². The van der Waals surface area contributed by atoms with E-state index in [4.69, 9.17) is 4.18 Å². The second kappa shape index (κ2) is 5.64. The zero-order chi connectivity index (χ0) is 14.0. The van der Waals surface area contributed by atoms with Gasteiger partial charge in [-0.2, -0.15) is 8.42 Å². The van der Waals surface area contributed by atoms with Crippen molar-refractivity contribution in [1.82, 2.24) is 0 Å². The highest BCUT2D eigenvalue weighted by atomic mass is 79.9. The summed E-state index contributed by atoms with van der Waals surface area (Å²) in [4.78, 5) is 0.0881. The molecule has 0 aromatic heterocycles. The Morgan fingerprint density at radius 3 is 2.42 bits per heavy atom. The van der Waals surface area contributed by atoms with Crippen LogP contribution in [-0.4, -0.2) is 8.42 Å². The second-order valence-electron chi connectivity index (χ2n) is 3.88. The van der Waals surface area contributed by atoms with E-state index in [0.29, 0.717) is 14.7 Å². The third-order valence-corrected chi connectivity index (χ3v) is 5.18. The van der Waals surface area contributed by atoms with Crippen molar-refractivity contribution in [3.63, 3.8) is 0 Å². The Kier molecular flexibility index (Phi) is 4.32. The van der Waals surface area contributed by atoms with Gasteiger partial charge in [0.05, 0.1) is 0 Å². The number of benzene rings is 2. The molecule has 2 rings (SSSR count). The van der Waals surface area contributed by atoms with Crippen molar-refractivity contribution in [2.45, 2.75) is 11.8 Å². The molecule has 0 aliphatic rings. The van der Waals surface area contributed by atoms with Crippen LogP contribution < -0.4 is 4.18 Å². The smallest absolute Gasteiger partial charge is 0.340 e. The van der Waals surface area contributed by atoms with Gasteiger partial charge in [-0.15, -0.1) is 0 Å². The average molecular weight is 406 g/mol. The Bertz CT molecular complexity index is 712. The maximum absolute atomic E-state index is 12.3. The van der Waals surface area contributed by atoms with Crippen LogP contribution in [0.15, 0.2) is 56.3 Å². The minimum atomic E-state index is -3.87. The number of aryl methyl sites for hydroxylation is 1. The largest absolute Gasteiger partial charge is 0.379 e. The van der Waals surface area contributed by atoms with Gasteiger partial charge in [-0.25, -0.2) is 0 Å². The zero-order valence-electron chi connectivity index (χ0n) is 9.93. The maximum Gasteiger partial charge on any atom is 0.340 e. The fourth-order valence-electron chi connectivity index (χ4n) is 1.48. The summed E-state index contributed by atoms with van der Waals surface area (Å²) in [5, 5.41) is 0. The lowest BCUT2D eigenvalue weighted by atomic mass is 10.2. The Morgan fingerprint density at radius 1 is 1.05 bits per heavy atom. The summed E-state index contributed by atoms with van der Waals surface area (Å²) in [5.41, 5.74) is 0.761. The van der Waals surface area contributed by atoms with E-state index < -0.39 is 10.1 Å². The SMILES string of the molecule is Cc1ccccc1OS(=O)(=O)c1cc(Br)ccc1Br. The van der Waals surface area contributed by atoms with Crippen LogP contribution in [0.1, 0.15) is 5.56 Å². The molecular weight excluding hydrogens is 396 g/mol. The summed E-state index contributed by atoms with van der Waals surface area (Å²) in [6, 6.07) is 11.9. The van der Waals surface area contributed by atoms with E-state index in [1.807, 2.05) is 6.07 Å². The Hall–Kier alpha value is -0.850. The molecule has 0 amide bonds. The molecule has 0 saturated carbocycles. The normalized spacial score (nSPS) is 11.3. The van der Waals surface area contributed by atoms with E-state index in [-0.39, 0.29) is 4.90 Å². The van der Waals surface area contributed by atoms with Gasteiger partial charge in [-0.1, -0.05) is 34.1 Å². The van der Waals surface area contributed by atoms with Gasteiger partial charge in [0.15, 0.2) is 0 Å². The van der Waals surface area contributed by atoms with Crippen molar-refractivity contribution in [2.24, 2.45) is 0 Å². The lowest BCUT2D eigenvalue weighted by Gasteiger charge is -2.10. The first-order valence-electron chi connectivity index (χ1n) is 5.35. The summed E-state index contributed by atoms with van der Waals surface area (Å²) in [6.07, 6.45) is 0. The van der Waals surface area contributed by atoms with Crippen LogP contribution in [0.5, 0.6) is 5.75 Å². The van der Waals surface area contributed by atoms with Crippen molar-refractivity contribution < 1.29 is 12.6 Å². The number of hydrogen-bond acceptors (Lipinski definition) is 3. The van der Waals surface area contributed by atoms with Crippen LogP contribution in [0.3, 0.4) is 0 Å². The lowest BCUT2D eigenvalue weighted by molar-refractivity contribution is 0.483. The van der Waals surface area contributed by atoms with Crippen molar-refractivity contribution in [3.8, 4) is 5.75 Å². The molecule has 2 aromatic rings. The molecule has 0 radical (unpaired) electrons. The van der Waals surface area contributed by atoms with Crippen molar-refractivity contribution >= 4 is 42.0 Å². The van der Waals surface area contributed by atoms with Crippen molar-refractivity contribution in [3.05, 3.63) is 57.0 Å². The number of hydrogen-bond donors (Lipinski definition) is 0. The van der Waals surface area contributed by atoms with Crippen molar-refractivity contribution in [2.75, 3.05) is 0 Å². The molecule has 0 heterocycles. The van der Waals surface area contributed by atoms with E-state index in [2.05, 4.69) is 31.9 Å². The molecular formula is C13H10Br2O3S. The quantitative estimate of drug-likeness (QED) is 0.715. The first-order chi connectivity index (χ1) is 8.90. The van der Waals surface area contributed by atoms with Gasteiger partial charge in [0.25, 0.3) is 0 Å². The highest BCUT2D eigenvalue weighted by Crippen LogP contribution is 2.29. The number of para-hydroxylation sites is 1. The fraction of sp³-hybridized carbons (Fsp3) is 0.0769. The van der Waals surface area contributed by atoms with Gasteiger partial charge < -0.3 is 4.18 Å². The van der Waals surface area contributed by atoms with E-state index in [1.165, 1.54) is 6.07 Å². The van der Waals surface area contributed by atoms with Crippen LogP contribution >= 0.6 is 31.9 Å². The molecule has 0 bridgehead atoms. The molecule has 6 heteroatoms. The minimum absolute atomic E-state index is 0.0881. The van der Waals surface area contributed by atoms with Gasteiger partial charge in [0.2, 0.25) is 0 Å². The van der Waals surface area contributed by atoms with E-state index in [9.17, 15) is 8.42 Å². The highest BCUT2D eigenvalue weighted by Gasteiger charge is 2.21. The number of halogens is 2. The summed E-state index contributed by atoms with van der Waals surface area (Å²) >= 11 is 6.47. The molecule has 0 N–H and O–H groups in total. The fourth-order valence-corrected chi connectivity index (χ4v) is 3.93.